The van der Waals surface area contributed by atoms with Crippen molar-refractivity contribution in [1.82, 2.24) is 0 Å². The van der Waals surface area contributed by atoms with Gasteiger partial charge in [0.05, 0.1) is 10.2 Å². The first-order valence-corrected chi connectivity index (χ1v) is 5.19. The number of hydrogen-bond acceptors (Lipinski definition) is 2. The van der Waals surface area contributed by atoms with Gasteiger partial charge in [-0.25, -0.2) is 0 Å². The third kappa shape index (κ3) is 2.93. The molecule has 0 fully saturated rings. The monoisotopic (exact) mass is 275 g/mol. The molecule has 0 saturated carbocycles. The van der Waals surface area contributed by atoms with Gasteiger partial charge in [0, 0.05) is 5.02 Å². The fraction of sp³-hybridized carbons (Fsp3) is 0.200. The number of anilines is 1. The van der Waals surface area contributed by atoms with Gasteiger partial charge >= 0.3 is 0 Å². The second kappa shape index (κ2) is 4.71. The number of benzene rings is 1. The summed E-state index contributed by atoms with van der Waals surface area (Å²) in [7, 11) is 0. The van der Waals surface area contributed by atoms with Crippen molar-refractivity contribution in [3.63, 3.8) is 0 Å². The van der Waals surface area contributed by atoms with Gasteiger partial charge in [-0.15, -0.1) is 0 Å². The molecule has 0 aliphatic heterocycles. The lowest BCUT2D eigenvalue weighted by Crippen LogP contribution is -2.01. The summed E-state index contributed by atoms with van der Waals surface area (Å²) in [6.07, 6.45) is 0. The van der Waals surface area contributed by atoms with Crippen LogP contribution >= 0.6 is 27.5 Å². The molecular weight excluding hydrogens is 265 g/mol. The predicted octanol–water partition coefficient (Wildman–Crippen LogP) is 3.64. The number of ether oxygens (including phenoxy) is 1. The average Bonchev–Trinajstić information content (AvgIpc) is 2.01. The topological polar surface area (TPSA) is 35.2 Å². The summed E-state index contributed by atoms with van der Waals surface area (Å²) in [6, 6.07) is 3.39. The Morgan fingerprint density at radius 1 is 1.64 bits per heavy atom. The molecule has 0 saturated heterocycles. The molecule has 0 unspecified atom stereocenters. The Balaban J connectivity index is 2.91. The Labute approximate surface area is 96.8 Å². The van der Waals surface area contributed by atoms with E-state index < -0.39 is 0 Å². The molecule has 0 radical (unpaired) electrons. The highest BCUT2D eigenvalue weighted by molar-refractivity contribution is 9.10. The number of halogens is 2. The summed E-state index contributed by atoms with van der Waals surface area (Å²) in [5, 5.41) is 0.581. The summed E-state index contributed by atoms with van der Waals surface area (Å²) in [5.74, 6) is 0.609. The van der Waals surface area contributed by atoms with E-state index in [1.54, 1.807) is 12.1 Å². The van der Waals surface area contributed by atoms with Crippen molar-refractivity contribution in [2.75, 3.05) is 12.3 Å². The smallest absolute Gasteiger partial charge is 0.156 e. The maximum Gasteiger partial charge on any atom is 0.156 e. The van der Waals surface area contributed by atoms with Crippen molar-refractivity contribution in [3.8, 4) is 5.75 Å². The molecule has 0 bridgehead atoms. The second-order valence-corrected chi connectivity index (χ2v) is 4.34. The molecular formula is C10H11BrClNO. The first-order valence-electron chi connectivity index (χ1n) is 4.02. The van der Waals surface area contributed by atoms with Gasteiger partial charge in [-0.3, -0.25) is 0 Å². The van der Waals surface area contributed by atoms with Crippen molar-refractivity contribution >= 4 is 33.2 Å². The van der Waals surface area contributed by atoms with E-state index in [1.165, 1.54) is 0 Å². The van der Waals surface area contributed by atoms with E-state index in [0.717, 1.165) is 10.0 Å². The van der Waals surface area contributed by atoms with E-state index in [0.29, 0.717) is 23.1 Å². The Morgan fingerprint density at radius 2 is 2.29 bits per heavy atom. The van der Waals surface area contributed by atoms with Gasteiger partial charge in [0.25, 0.3) is 0 Å². The summed E-state index contributed by atoms with van der Waals surface area (Å²) >= 11 is 9.13. The van der Waals surface area contributed by atoms with Gasteiger partial charge in [0.1, 0.15) is 6.61 Å². The van der Waals surface area contributed by atoms with Crippen LogP contribution in [0, 0.1) is 0 Å². The zero-order valence-electron chi connectivity index (χ0n) is 7.81. The molecule has 0 aromatic heterocycles. The summed E-state index contributed by atoms with van der Waals surface area (Å²) in [6.45, 7) is 6.08. The molecule has 1 rings (SSSR count). The van der Waals surface area contributed by atoms with Crippen LogP contribution in [0.3, 0.4) is 0 Å². The Hall–Kier alpha value is -0.670. The van der Waals surface area contributed by atoms with E-state index >= 15 is 0 Å². The Bertz CT molecular complexity index is 342. The van der Waals surface area contributed by atoms with Gasteiger partial charge in [-0.2, -0.15) is 0 Å². The first-order chi connectivity index (χ1) is 6.50. The van der Waals surface area contributed by atoms with E-state index in [-0.39, 0.29) is 0 Å². The molecule has 76 valence electrons. The molecule has 4 heteroatoms. The molecule has 1 aromatic rings. The maximum atomic E-state index is 5.80. The maximum absolute atomic E-state index is 5.80. The number of nitrogen functional groups attached to an aromatic ring is 1. The quantitative estimate of drug-likeness (QED) is 0.676. The molecule has 2 N–H and O–H groups in total. The fourth-order valence-corrected chi connectivity index (χ4v) is 1.88. The van der Waals surface area contributed by atoms with Crippen molar-refractivity contribution in [3.05, 3.63) is 33.8 Å². The van der Waals surface area contributed by atoms with Crippen molar-refractivity contribution in [2.24, 2.45) is 0 Å². The van der Waals surface area contributed by atoms with E-state index in [4.69, 9.17) is 22.1 Å². The van der Waals surface area contributed by atoms with Crippen LogP contribution in [0.25, 0.3) is 0 Å². The minimum atomic E-state index is 0.449. The standard InChI is InChI=1S/C10H11BrClNO/c1-6(2)5-14-10-8(11)3-7(12)4-9(10)13/h3-4H,1,5,13H2,2H3. The number of rotatable bonds is 3. The van der Waals surface area contributed by atoms with Crippen molar-refractivity contribution < 1.29 is 4.74 Å². The van der Waals surface area contributed by atoms with Crippen LogP contribution < -0.4 is 10.5 Å². The summed E-state index contributed by atoms with van der Waals surface area (Å²) in [5.41, 5.74) is 7.19. The largest absolute Gasteiger partial charge is 0.486 e. The highest BCUT2D eigenvalue weighted by Crippen LogP contribution is 2.34. The summed E-state index contributed by atoms with van der Waals surface area (Å²) in [4.78, 5) is 0. The minimum Gasteiger partial charge on any atom is -0.486 e. The molecule has 0 amide bonds. The number of hydrogen-bond donors (Lipinski definition) is 1. The van der Waals surface area contributed by atoms with Gasteiger partial charge in [-0.1, -0.05) is 18.2 Å². The van der Waals surface area contributed by atoms with Crippen LogP contribution in [0.1, 0.15) is 6.92 Å². The molecule has 2 nitrogen and oxygen atoms in total. The first kappa shape index (κ1) is 11.4. The summed E-state index contributed by atoms with van der Waals surface area (Å²) < 4.78 is 6.21. The highest BCUT2D eigenvalue weighted by Gasteiger charge is 2.07. The van der Waals surface area contributed by atoms with Gasteiger partial charge in [-0.05, 0) is 40.6 Å². The average molecular weight is 277 g/mol. The lowest BCUT2D eigenvalue weighted by molar-refractivity contribution is 0.352. The Kier molecular flexibility index (Phi) is 3.84. The lowest BCUT2D eigenvalue weighted by atomic mass is 10.3. The minimum absolute atomic E-state index is 0.449. The van der Waals surface area contributed by atoms with Gasteiger partial charge < -0.3 is 10.5 Å². The SMILES string of the molecule is C=C(C)COc1c(N)cc(Cl)cc1Br. The van der Waals surface area contributed by atoms with Crippen LogP contribution in [0.2, 0.25) is 5.02 Å². The molecule has 0 heterocycles. The van der Waals surface area contributed by atoms with E-state index in [1.807, 2.05) is 6.92 Å². The van der Waals surface area contributed by atoms with Crippen LogP contribution in [0.4, 0.5) is 5.69 Å². The molecule has 14 heavy (non-hydrogen) atoms. The zero-order chi connectivity index (χ0) is 10.7. The van der Waals surface area contributed by atoms with Crippen LogP contribution in [0.5, 0.6) is 5.75 Å². The zero-order valence-corrected chi connectivity index (χ0v) is 10.2. The van der Waals surface area contributed by atoms with Crippen molar-refractivity contribution in [2.45, 2.75) is 6.92 Å². The molecule has 1 aromatic carbocycles. The third-order valence-electron chi connectivity index (χ3n) is 1.50. The Morgan fingerprint density at radius 3 is 2.79 bits per heavy atom. The molecule has 0 aliphatic rings. The van der Waals surface area contributed by atoms with E-state index in [9.17, 15) is 0 Å². The van der Waals surface area contributed by atoms with Crippen molar-refractivity contribution in [1.29, 1.82) is 0 Å². The van der Waals surface area contributed by atoms with Crippen LogP contribution in [-0.4, -0.2) is 6.61 Å². The second-order valence-electron chi connectivity index (χ2n) is 3.05. The highest BCUT2D eigenvalue weighted by atomic mass is 79.9. The number of nitrogens with two attached hydrogens (primary N) is 1. The third-order valence-corrected chi connectivity index (χ3v) is 2.31. The normalized spacial score (nSPS) is 9.93. The lowest BCUT2D eigenvalue weighted by Gasteiger charge is -2.10. The fourth-order valence-electron chi connectivity index (χ4n) is 0.928. The molecule has 0 atom stereocenters. The van der Waals surface area contributed by atoms with Crippen LogP contribution in [0.15, 0.2) is 28.8 Å². The van der Waals surface area contributed by atoms with Gasteiger partial charge in [0.2, 0.25) is 0 Å². The van der Waals surface area contributed by atoms with E-state index in [2.05, 4.69) is 22.5 Å². The predicted molar refractivity (Wildman–Crippen MR) is 63.9 cm³/mol. The van der Waals surface area contributed by atoms with Gasteiger partial charge in [0.15, 0.2) is 5.75 Å². The molecule has 0 aliphatic carbocycles. The van der Waals surface area contributed by atoms with Crippen LogP contribution in [-0.2, 0) is 0 Å². The molecule has 0 spiro atoms.